The number of rotatable bonds is 3. The predicted molar refractivity (Wildman–Crippen MR) is 90.5 cm³/mol. The van der Waals surface area contributed by atoms with Gasteiger partial charge in [-0.25, -0.2) is 0 Å². The highest BCUT2D eigenvalue weighted by Gasteiger charge is 2.14. The Morgan fingerprint density at radius 2 is 1.87 bits per heavy atom. The number of benzene rings is 1. The average Bonchev–Trinajstić information content (AvgIpc) is 2.55. The van der Waals surface area contributed by atoms with Crippen molar-refractivity contribution in [2.75, 3.05) is 7.11 Å². The van der Waals surface area contributed by atoms with Gasteiger partial charge in [0.25, 0.3) is 0 Å². The van der Waals surface area contributed by atoms with Crippen LogP contribution in [0.2, 0.25) is 0 Å². The standard InChI is InChI=1S/C20H20O3/c1-16(21)23-20-10-8-6-4-3-5-7-9-18(20)15-17-11-13-19(22-2)14-12-17/h11-15,20H,3-6H2,1-2H3. The minimum absolute atomic E-state index is 0.358. The van der Waals surface area contributed by atoms with Crippen LogP contribution in [0.25, 0.3) is 6.08 Å². The molecule has 0 spiro atoms. The summed E-state index contributed by atoms with van der Waals surface area (Å²) < 4.78 is 10.5. The van der Waals surface area contributed by atoms with Crippen LogP contribution in [0.1, 0.15) is 38.2 Å². The predicted octanol–water partition coefficient (Wildman–Crippen LogP) is 3.59. The number of ether oxygens (including phenoxy) is 2. The monoisotopic (exact) mass is 308 g/mol. The van der Waals surface area contributed by atoms with E-state index in [1.807, 2.05) is 30.3 Å². The number of hydrogen-bond acceptors (Lipinski definition) is 3. The molecule has 2 rings (SSSR count). The molecule has 0 saturated heterocycles. The van der Waals surface area contributed by atoms with E-state index < -0.39 is 6.10 Å². The fourth-order valence-corrected chi connectivity index (χ4v) is 2.15. The van der Waals surface area contributed by atoms with Crippen molar-refractivity contribution in [3.63, 3.8) is 0 Å². The van der Waals surface area contributed by atoms with E-state index in [-0.39, 0.29) is 5.97 Å². The highest BCUT2D eigenvalue weighted by Crippen LogP contribution is 2.17. The Morgan fingerprint density at radius 1 is 1.17 bits per heavy atom. The molecule has 0 bridgehead atoms. The normalized spacial score (nSPS) is 18.9. The Morgan fingerprint density at radius 3 is 2.52 bits per heavy atom. The van der Waals surface area contributed by atoms with E-state index in [2.05, 4.69) is 23.7 Å². The molecule has 0 radical (unpaired) electrons. The molecule has 0 heterocycles. The highest BCUT2D eigenvalue weighted by atomic mass is 16.5. The molecule has 23 heavy (non-hydrogen) atoms. The first kappa shape index (κ1) is 16.7. The molecule has 1 aliphatic rings. The van der Waals surface area contributed by atoms with E-state index in [1.54, 1.807) is 7.11 Å². The molecule has 118 valence electrons. The molecule has 3 nitrogen and oxygen atoms in total. The first-order valence-electron chi connectivity index (χ1n) is 7.69. The Kier molecular flexibility index (Phi) is 6.33. The van der Waals surface area contributed by atoms with Crippen LogP contribution in [0.3, 0.4) is 0 Å². The van der Waals surface area contributed by atoms with Gasteiger partial charge in [-0.2, -0.15) is 0 Å². The smallest absolute Gasteiger partial charge is 0.304 e. The van der Waals surface area contributed by atoms with E-state index in [4.69, 9.17) is 9.47 Å². The van der Waals surface area contributed by atoms with Gasteiger partial charge in [0.2, 0.25) is 0 Å². The van der Waals surface area contributed by atoms with Crippen molar-refractivity contribution < 1.29 is 14.3 Å². The molecule has 0 aliphatic heterocycles. The molecular formula is C20H20O3. The van der Waals surface area contributed by atoms with E-state index in [1.165, 1.54) is 6.92 Å². The van der Waals surface area contributed by atoms with Gasteiger partial charge in [0, 0.05) is 19.8 Å². The lowest BCUT2D eigenvalue weighted by molar-refractivity contribution is -0.142. The molecular weight excluding hydrogens is 288 g/mol. The first-order chi connectivity index (χ1) is 11.2. The van der Waals surface area contributed by atoms with Crippen LogP contribution in [-0.2, 0) is 9.53 Å². The zero-order valence-electron chi connectivity index (χ0n) is 13.5. The van der Waals surface area contributed by atoms with Crippen molar-refractivity contribution >= 4 is 12.0 Å². The van der Waals surface area contributed by atoms with Crippen LogP contribution < -0.4 is 4.74 Å². The molecule has 1 aromatic rings. The molecule has 0 amide bonds. The average molecular weight is 308 g/mol. The van der Waals surface area contributed by atoms with Crippen LogP contribution in [0.4, 0.5) is 0 Å². The molecule has 1 aliphatic carbocycles. The van der Waals surface area contributed by atoms with Crippen LogP contribution in [0.15, 0.2) is 29.8 Å². The van der Waals surface area contributed by atoms with Crippen molar-refractivity contribution in [1.82, 2.24) is 0 Å². The molecule has 1 atom stereocenters. The summed E-state index contributed by atoms with van der Waals surface area (Å²) >= 11 is 0. The summed E-state index contributed by atoms with van der Waals surface area (Å²) in [7, 11) is 1.63. The maximum Gasteiger partial charge on any atom is 0.304 e. The van der Waals surface area contributed by atoms with E-state index >= 15 is 0 Å². The summed E-state index contributed by atoms with van der Waals surface area (Å²) in [5.74, 6) is 12.8. The number of carbonyl (C=O) groups excluding carboxylic acids is 1. The molecule has 0 aromatic heterocycles. The number of esters is 1. The molecule has 0 fully saturated rings. The van der Waals surface area contributed by atoms with Crippen LogP contribution >= 0.6 is 0 Å². The summed E-state index contributed by atoms with van der Waals surface area (Å²) in [6, 6.07) is 7.63. The lowest BCUT2D eigenvalue weighted by atomic mass is 10.0. The third-order valence-electron chi connectivity index (χ3n) is 3.32. The Labute approximate surface area is 137 Å². The van der Waals surface area contributed by atoms with E-state index in [0.29, 0.717) is 5.57 Å². The summed E-state index contributed by atoms with van der Waals surface area (Å²) in [5, 5.41) is 0. The first-order valence-corrected chi connectivity index (χ1v) is 7.69. The van der Waals surface area contributed by atoms with Gasteiger partial charge < -0.3 is 9.47 Å². The molecule has 3 heteroatoms. The third-order valence-corrected chi connectivity index (χ3v) is 3.32. The maximum atomic E-state index is 11.4. The van der Waals surface area contributed by atoms with Crippen LogP contribution in [0.5, 0.6) is 5.75 Å². The fourth-order valence-electron chi connectivity index (χ4n) is 2.15. The zero-order valence-corrected chi connectivity index (χ0v) is 13.5. The van der Waals surface area contributed by atoms with Crippen LogP contribution in [-0.4, -0.2) is 19.2 Å². The largest absolute Gasteiger partial charge is 0.497 e. The second-order valence-corrected chi connectivity index (χ2v) is 5.19. The van der Waals surface area contributed by atoms with Gasteiger partial charge in [-0.15, -0.1) is 0 Å². The Bertz CT molecular complexity index is 690. The topological polar surface area (TPSA) is 35.5 Å². The quantitative estimate of drug-likeness (QED) is 0.632. The lowest BCUT2D eigenvalue weighted by Crippen LogP contribution is -2.16. The van der Waals surface area contributed by atoms with Crippen LogP contribution in [0, 0.1) is 23.7 Å². The molecule has 0 N–H and O–H groups in total. The number of carbonyl (C=O) groups is 1. The second-order valence-electron chi connectivity index (χ2n) is 5.19. The minimum atomic E-state index is -0.611. The van der Waals surface area contributed by atoms with Gasteiger partial charge in [-0.3, -0.25) is 4.79 Å². The van der Waals surface area contributed by atoms with Crippen molar-refractivity contribution in [3.05, 3.63) is 35.4 Å². The van der Waals surface area contributed by atoms with Gasteiger partial charge in [-0.05, 0) is 36.6 Å². The molecule has 1 unspecified atom stereocenters. The van der Waals surface area contributed by atoms with Crippen molar-refractivity contribution in [1.29, 1.82) is 0 Å². The van der Waals surface area contributed by atoms with Gasteiger partial charge >= 0.3 is 5.97 Å². The molecule has 1 aromatic carbocycles. The van der Waals surface area contributed by atoms with Crippen molar-refractivity contribution in [2.24, 2.45) is 0 Å². The van der Waals surface area contributed by atoms with E-state index in [0.717, 1.165) is 37.0 Å². The highest BCUT2D eigenvalue weighted by molar-refractivity contribution is 5.69. The lowest BCUT2D eigenvalue weighted by Gasteiger charge is -2.12. The SMILES string of the molecule is COc1ccc(C=C2C#CCCCCC#CC2OC(C)=O)cc1. The van der Waals surface area contributed by atoms with Gasteiger partial charge in [0.05, 0.1) is 12.7 Å². The summed E-state index contributed by atoms with van der Waals surface area (Å²) in [4.78, 5) is 11.4. The van der Waals surface area contributed by atoms with Gasteiger partial charge in [-0.1, -0.05) is 35.8 Å². The minimum Gasteiger partial charge on any atom is -0.497 e. The summed E-state index contributed by atoms with van der Waals surface area (Å²) in [6.07, 6.45) is 4.99. The second kappa shape index (κ2) is 8.71. The van der Waals surface area contributed by atoms with E-state index in [9.17, 15) is 4.79 Å². The summed E-state index contributed by atoms with van der Waals surface area (Å²) in [5.41, 5.74) is 1.67. The summed E-state index contributed by atoms with van der Waals surface area (Å²) in [6.45, 7) is 1.39. The number of hydrogen-bond donors (Lipinski definition) is 0. The van der Waals surface area contributed by atoms with Gasteiger partial charge in [0.1, 0.15) is 5.75 Å². The Balaban J connectivity index is 2.35. The van der Waals surface area contributed by atoms with Crippen molar-refractivity contribution in [3.8, 4) is 29.4 Å². The Hall–Kier alpha value is -2.65. The molecule has 0 saturated carbocycles. The van der Waals surface area contributed by atoms with Crippen molar-refractivity contribution in [2.45, 2.75) is 38.7 Å². The third kappa shape index (κ3) is 5.57. The maximum absolute atomic E-state index is 11.4. The van der Waals surface area contributed by atoms with Gasteiger partial charge in [0.15, 0.2) is 6.10 Å². The fraction of sp³-hybridized carbons (Fsp3) is 0.350. The number of methoxy groups -OCH3 is 1. The zero-order chi connectivity index (χ0) is 16.5.